The van der Waals surface area contributed by atoms with Gasteiger partial charge in [0.1, 0.15) is 11.4 Å². The van der Waals surface area contributed by atoms with Crippen LogP contribution in [-0.4, -0.2) is 34.5 Å². The molecule has 2 heterocycles. The van der Waals surface area contributed by atoms with Crippen LogP contribution in [0.5, 0.6) is 5.75 Å². The molecule has 0 saturated heterocycles. The molecule has 2 aromatic heterocycles. The number of nitrogens with zero attached hydrogens (tertiary/aromatic N) is 3. The molecule has 0 aliphatic carbocycles. The lowest BCUT2D eigenvalue weighted by atomic mass is 10.1. The summed E-state index contributed by atoms with van der Waals surface area (Å²) in [6.07, 6.45) is 4.20. The third-order valence-corrected chi connectivity index (χ3v) is 4.09. The second-order valence-electron chi connectivity index (χ2n) is 6.29. The van der Waals surface area contributed by atoms with E-state index in [1.165, 1.54) is 0 Å². The van der Waals surface area contributed by atoms with Gasteiger partial charge in [-0.05, 0) is 48.7 Å². The van der Waals surface area contributed by atoms with Crippen LogP contribution in [0.1, 0.15) is 27.3 Å². The fraction of sp³-hybridized carbons (Fsp3) is 0.238. The molecule has 0 atom stereocenters. The maximum absolute atomic E-state index is 12.5. The summed E-state index contributed by atoms with van der Waals surface area (Å²) < 4.78 is 5.22. The van der Waals surface area contributed by atoms with Crippen molar-refractivity contribution in [2.45, 2.75) is 19.9 Å². The van der Waals surface area contributed by atoms with Crippen molar-refractivity contribution < 1.29 is 9.53 Å². The van der Waals surface area contributed by atoms with Crippen LogP contribution in [0.15, 0.2) is 54.9 Å². The molecule has 0 radical (unpaired) electrons. The van der Waals surface area contributed by atoms with Gasteiger partial charge in [0.05, 0.1) is 7.11 Å². The lowest BCUT2D eigenvalue weighted by molar-refractivity contribution is 0.0949. The molecule has 0 fully saturated rings. The first-order chi connectivity index (χ1) is 13.6. The van der Waals surface area contributed by atoms with E-state index in [1.54, 1.807) is 25.6 Å². The van der Waals surface area contributed by atoms with Crippen LogP contribution in [-0.2, 0) is 13.0 Å². The van der Waals surface area contributed by atoms with Crippen LogP contribution >= 0.6 is 0 Å². The molecule has 0 bridgehead atoms. The minimum Gasteiger partial charge on any atom is -0.497 e. The molecule has 0 spiro atoms. The zero-order chi connectivity index (χ0) is 19.8. The van der Waals surface area contributed by atoms with Crippen molar-refractivity contribution in [3.8, 4) is 5.75 Å². The molecule has 144 valence electrons. The van der Waals surface area contributed by atoms with Gasteiger partial charge in [-0.15, -0.1) is 0 Å². The summed E-state index contributed by atoms with van der Waals surface area (Å²) in [7, 11) is 1.64. The van der Waals surface area contributed by atoms with Crippen molar-refractivity contribution in [3.05, 3.63) is 77.4 Å². The van der Waals surface area contributed by atoms with Crippen LogP contribution in [0, 0.1) is 6.92 Å². The number of aromatic nitrogens is 3. The molecule has 7 heteroatoms. The molecule has 0 saturated carbocycles. The number of rotatable bonds is 8. The van der Waals surface area contributed by atoms with Crippen LogP contribution in [0.3, 0.4) is 0 Å². The number of methoxy groups -OCH3 is 1. The smallest absolute Gasteiger partial charge is 0.270 e. The van der Waals surface area contributed by atoms with Gasteiger partial charge in [-0.1, -0.05) is 18.2 Å². The number of carbonyl (C=O) groups is 1. The maximum atomic E-state index is 12.5. The normalized spacial score (nSPS) is 10.4. The number of carbonyl (C=O) groups excluding carboxylic acids is 1. The fourth-order valence-electron chi connectivity index (χ4n) is 2.69. The molecule has 1 amide bonds. The van der Waals surface area contributed by atoms with E-state index < -0.39 is 0 Å². The predicted molar refractivity (Wildman–Crippen MR) is 107 cm³/mol. The van der Waals surface area contributed by atoms with E-state index in [2.05, 4.69) is 25.6 Å². The summed E-state index contributed by atoms with van der Waals surface area (Å²) in [4.78, 5) is 25.2. The number of anilines is 1. The average Bonchev–Trinajstić information content (AvgIpc) is 2.72. The van der Waals surface area contributed by atoms with Crippen LogP contribution in [0.25, 0.3) is 0 Å². The zero-order valence-corrected chi connectivity index (χ0v) is 16.0. The third kappa shape index (κ3) is 5.51. The molecule has 7 nitrogen and oxygen atoms in total. The highest BCUT2D eigenvalue weighted by Crippen LogP contribution is 2.13. The maximum Gasteiger partial charge on any atom is 0.270 e. The Morgan fingerprint density at radius 2 is 1.96 bits per heavy atom. The second kappa shape index (κ2) is 9.45. The summed E-state index contributed by atoms with van der Waals surface area (Å²) in [5, 5.41) is 6.04. The van der Waals surface area contributed by atoms with Crippen molar-refractivity contribution in [2.24, 2.45) is 0 Å². The fourth-order valence-corrected chi connectivity index (χ4v) is 2.69. The van der Waals surface area contributed by atoms with Crippen LogP contribution in [0.2, 0.25) is 0 Å². The van der Waals surface area contributed by atoms with Crippen LogP contribution < -0.4 is 15.4 Å². The number of nitrogens with one attached hydrogen (secondary N) is 2. The molecule has 2 N–H and O–H groups in total. The number of ether oxygens (including phenoxy) is 1. The topological polar surface area (TPSA) is 89.0 Å². The quantitative estimate of drug-likeness (QED) is 0.627. The zero-order valence-electron chi connectivity index (χ0n) is 16.0. The van der Waals surface area contributed by atoms with Gasteiger partial charge in [0.25, 0.3) is 5.91 Å². The Kier molecular flexibility index (Phi) is 6.51. The highest BCUT2D eigenvalue weighted by molar-refractivity contribution is 5.92. The predicted octanol–water partition coefficient (Wildman–Crippen LogP) is 2.77. The molecular weight excluding hydrogens is 354 g/mol. The van der Waals surface area contributed by atoms with Gasteiger partial charge >= 0.3 is 0 Å². The molecular formula is C21H23N5O2. The van der Waals surface area contributed by atoms with E-state index in [4.69, 9.17) is 4.74 Å². The lowest BCUT2D eigenvalue weighted by Crippen LogP contribution is -2.27. The molecule has 0 unspecified atom stereocenters. The van der Waals surface area contributed by atoms with Gasteiger partial charge in [-0.2, -0.15) is 0 Å². The van der Waals surface area contributed by atoms with Crippen molar-refractivity contribution in [1.29, 1.82) is 0 Å². The molecule has 0 aliphatic rings. The standard InChI is InChI=1S/C21H23N5O2/c1-15-11-19(26-21(25-15)24-14-17-6-4-9-22-13-17)20(27)23-10-8-16-5-3-7-18(12-16)28-2/h3-7,9,11-13H,8,10,14H2,1-2H3,(H,23,27)(H,24,25,26). The van der Waals surface area contributed by atoms with Crippen molar-refractivity contribution >= 4 is 11.9 Å². The number of aryl methyl sites for hydroxylation is 1. The molecule has 0 aliphatic heterocycles. The summed E-state index contributed by atoms with van der Waals surface area (Å²) in [5.41, 5.74) is 3.17. The van der Waals surface area contributed by atoms with E-state index in [-0.39, 0.29) is 5.91 Å². The van der Waals surface area contributed by atoms with E-state index in [0.717, 1.165) is 22.6 Å². The average molecular weight is 377 g/mol. The van der Waals surface area contributed by atoms with Crippen molar-refractivity contribution in [3.63, 3.8) is 0 Å². The van der Waals surface area contributed by atoms with Gasteiger partial charge in [0.15, 0.2) is 0 Å². The second-order valence-corrected chi connectivity index (χ2v) is 6.29. The number of hydrogen-bond acceptors (Lipinski definition) is 6. The van der Waals surface area contributed by atoms with Gasteiger partial charge in [-0.3, -0.25) is 9.78 Å². The van der Waals surface area contributed by atoms with E-state index in [0.29, 0.717) is 31.2 Å². The molecule has 3 aromatic rings. The summed E-state index contributed by atoms with van der Waals surface area (Å²) >= 11 is 0. The first-order valence-corrected chi connectivity index (χ1v) is 9.03. The van der Waals surface area contributed by atoms with Gasteiger partial charge < -0.3 is 15.4 Å². The largest absolute Gasteiger partial charge is 0.497 e. The number of hydrogen-bond donors (Lipinski definition) is 2. The van der Waals surface area contributed by atoms with Gasteiger partial charge in [0.2, 0.25) is 5.95 Å². The summed E-state index contributed by atoms with van der Waals surface area (Å²) in [6, 6.07) is 13.3. The van der Waals surface area contributed by atoms with Crippen LogP contribution in [0.4, 0.5) is 5.95 Å². The summed E-state index contributed by atoms with van der Waals surface area (Å²) in [6.45, 7) is 2.88. The lowest BCUT2D eigenvalue weighted by Gasteiger charge is -2.09. The Labute approximate surface area is 164 Å². The first kappa shape index (κ1) is 19.3. The Morgan fingerprint density at radius 1 is 1.11 bits per heavy atom. The SMILES string of the molecule is COc1cccc(CCNC(=O)c2cc(C)nc(NCc3cccnc3)n2)c1. The highest BCUT2D eigenvalue weighted by atomic mass is 16.5. The Balaban J connectivity index is 1.57. The highest BCUT2D eigenvalue weighted by Gasteiger charge is 2.10. The number of benzene rings is 1. The Bertz CT molecular complexity index is 931. The van der Waals surface area contributed by atoms with E-state index in [9.17, 15) is 4.79 Å². The minimum absolute atomic E-state index is 0.224. The Hall–Kier alpha value is -3.48. The first-order valence-electron chi connectivity index (χ1n) is 9.03. The molecule has 28 heavy (non-hydrogen) atoms. The number of amides is 1. The number of pyridine rings is 1. The van der Waals surface area contributed by atoms with Gasteiger partial charge in [-0.25, -0.2) is 9.97 Å². The molecule has 3 rings (SSSR count). The van der Waals surface area contributed by atoms with Crippen molar-refractivity contribution in [2.75, 3.05) is 19.0 Å². The van der Waals surface area contributed by atoms with E-state index >= 15 is 0 Å². The Morgan fingerprint density at radius 3 is 2.75 bits per heavy atom. The summed E-state index contributed by atoms with van der Waals surface area (Å²) in [5.74, 6) is 0.999. The van der Waals surface area contributed by atoms with E-state index in [1.807, 2.05) is 43.3 Å². The molecule has 1 aromatic carbocycles. The van der Waals surface area contributed by atoms with Gasteiger partial charge in [0, 0.05) is 31.2 Å². The van der Waals surface area contributed by atoms with Crippen molar-refractivity contribution in [1.82, 2.24) is 20.3 Å². The third-order valence-electron chi connectivity index (χ3n) is 4.09. The monoisotopic (exact) mass is 377 g/mol. The minimum atomic E-state index is -0.224.